The molecule has 0 aliphatic carbocycles. The Morgan fingerprint density at radius 2 is 2.14 bits per heavy atom. The van der Waals surface area contributed by atoms with Crippen molar-refractivity contribution in [3.05, 3.63) is 34.9 Å². The number of carbonyl (C=O) groups is 1. The largest absolute Gasteiger partial charge is 0.351 e. The van der Waals surface area contributed by atoms with Crippen LogP contribution < -0.4 is 11.1 Å². The molecular formula is C11H16N2O. The molecule has 0 fully saturated rings. The summed E-state index contributed by atoms with van der Waals surface area (Å²) in [6, 6.07) is 5.78. The van der Waals surface area contributed by atoms with Crippen LogP contribution in [0.15, 0.2) is 18.2 Å². The van der Waals surface area contributed by atoms with Crippen LogP contribution in [-0.2, 0) is 0 Å². The number of aryl methyl sites for hydroxylation is 2. The van der Waals surface area contributed by atoms with E-state index in [1.807, 2.05) is 32.0 Å². The topological polar surface area (TPSA) is 55.1 Å². The molecular weight excluding hydrogens is 176 g/mol. The molecule has 1 amide bonds. The van der Waals surface area contributed by atoms with Crippen LogP contribution in [0.4, 0.5) is 0 Å². The molecule has 0 aliphatic rings. The van der Waals surface area contributed by atoms with E-state index in [1.165, 1.54) is 0 Å². The van der Waals surface area contributed by atoms with E-state index < -0.39 is 0 Å². The maximum Gasteiger partial charge on any atom is 0.251 e. The fourth-order valence-corrected chi connectivity index (χ4v) is 1.35. The zero-order valence-corrected chi connectivity index (χ0v) is 8.63. The van der Waals surface area contributed by atoms with Crippen molar-refractivity contribution in [1.82, 2.24) is 5.32 Å². The highest BCUT2D eigenvalue weighted by Crippen LogP contribution is 2.09. The first kappa shape index (κ1) is 10.7. The third-order valence-corrected chi connectivity index (χ3v) is 2.06. The Balaban J connectivity index is 2.80. The van der Waals surface area contributed by atoms with Gasteiger partial charge in [-0.2, -0.15) is 0 Å². The number of benzene rings is 1. The van der Waals surface area contributed by atoms with Crippen LogP contribution in [0, 0.1) is 13.8 Å². The maximum absolute atomic E-state index is 11.6. The molecule has 0 heterocycles. The Morgan fingerprint density at radius 1 is 1.43 bits per heavy atom. The van der Waals surface area contributed by atoms with Crippen molar-refractivity contribution in [2.45, 2.75) is 13.8 Å². The third-order valence-electron chi connectivity index (χ3n) is 2.06. The van der Waals surface area contributed by atoms with Crippen molar-refractivity contribution in [1.29, 1.82) is 0 Å². The lowest BCUT2D eigenvalue weighted by Crippen LogP contribution is -2.29. The summed E-state index contributed by atoms with van der Waals surface area (Å²) in [5.41, 5.74) is 8.19. The van der Waals surface area contributed by atoms with Crippen LogP contribution in [0.25, 0.3) is 0 Å². The monoisotopic (exact) mass is 192 g/mol. The van der Waals surface area contributed by atoms with Crippen molar-refractivity contribution in [2.75, 3.05) is 13.1 Å². The summed E-state index contributed by atoms with van der Waals surface area (Å²) < 4.78 is 0. The molecule has 0 aliphatic heterocycles. The first-order valence-corrected chi connectivity index (χ1v) is 4.70. The van der Waals surface area contributed by atoms with Crippen LogP contribution in [0.5, 0.6) is 0 Å². The van der Waals surface area contributed by atoms with Crippen LogP contribution >= 0.6 is 0 Å². The van der Waals surface area contributed by atoms with E-state index in [1.54, 1.807) is 0 Å². The number of carbonyl (C=O) groups excluding carboxylic acids is 1. The van der Waals surface area contributed by atoms with Gasteiger partial charge in [-0.1, -0.05) is 17.7 Å². The molecule has 0 radical (unpaired) electrons. The summed E-state index contributed by atoms with van der Waals surface area (Å²) in [4.78, 5) is 11.6. The highest BCUT2D eigenvalue weighted by atomic mass is 16.1. The van der Waals surface area contributed by atoms with Gasteiger partial charge in [-0.05, 0) is 25.5 Å². The molecule has 0 bridgehead atoms. The third kappa shape index (κ3) is 2.57. The Bertz CT molecular complexity index is 334. The zero-order chi connectivity index (χ0) is 10.6. The highest BCUT2D eigenvalue weighted by molar-refractivity contribution is 5.95. The minimum atomic E-state index is -0.0482. The van der Waals surface area contributed by atoms with E-state index in [0.717, 1.165) is 16.7 Å². The van der Waals surface area contributed by atoms with E-state index in [9.17, 15) is 4.79 Å². The van der Waals surface area contributed by atoms with Gasteiger partial charge in [0.2, 0.25) is 0 Å². The van der Waals surface area contributed by atoms with Gasteiger partial charge in [0.25, 0.3) is 5.91 Å². The number of rotatable bonds is 3. The molecule has 0 unspecified atom stereocenters. The Labute approximate surface area is 84.3 Å². The van der Waals surface area contributed by atoms with Crippen LogP contribution in [0.3, 0.4) is 0 Å². The highest BCUT2D eigenvalue weighted by Gasteiger charge is 2.06. The normalized spacial score (nSPS) is 9.93. The summed E-state index contributed by atoms with van der Waals surface area (Å²) in [6.45, 7) is 4.93. The minimum Gasteiger partial charge on any atom is -0.351 e. The average Bonchev–Trinajstić information content (AvgIpc) is 2.14. The quantitative estimate of drug-likeness (QED) is 0.750. The predicted octanol–water partition coefficient (Wildman–Crippen LogP) is 0.992. The molecule has 1 aromatic rings. The molecule has 0 spiro atoms. The molecule has 3 heteroatoms. The van der Waals surface area contributed by atoms with Crippen molar-refractivity contribution >= 4 is 5.91 Å². The lowest BCUT2D eigenvalue weighted by Gasteiger charge is -2.07. The second-order valence-electron chi connectivity index (χ2n) is 3.36. The Morgan fingerprint density at radius 3 is 2.71 bits per heavy atom. The summed E-state index contributed by atoms with van der Waals surface area (Å²) in [5, 5.41) is 2.74. The second kappa shape index (κ2) is 4.77. The molecule has 3 N–H and O–H groups in total. The minimum absolute atomic E-state index is 0.0482. The van der Waals surface area contributed by atoms with Crippen LogP contribution in [0.1, 0.15) is 21.5 Å². The molecule has 0 saturated carbocycles. The van der Waals surface area contributed by atoms with Crippen LogP contribution in [-0.4, -0.2) is 19.0 Å². The molecule has 1 aromatic carbocycles. The molecule has 14 heavy (non-hydrogen) atoms. The molecule has 0 aromatic heterocycles. The van der Waals surface area contributed by atoms with Gasteiger partial charge in [-0.25, -0.2) is 0 Å². The molecule has 1 rings (SSSR count). The van der Waals surface area contributed by atoms with Gasteiger partial charge >= 0.3 is 0 Å². The first-order valence-electron chi connectivity index (χ1n) is 4.70. The van der Waals surface area contributed by atoms with Crippen LogP contribution in [0.2, 0.25) is 0 Å². The lowest BCUT2D eigenvalue weighted by atomic mass is 10.1. The van der Waals surface area contributed by atoms with E-state index in [-0.39, 0.29) is 5.91 Å². The molecule has 0 saturated heterocycles. The summed E-state index contributed by atoms with van der Waals surface area (Å²) >= 11 is 0. The number of amides is 1. The standard InChI is InChI=1S/C11H16N2O/c1-8-3-4-10(9(2)7-8)11(14)13-6-5-12/h3-4,7H,5-6,12H2,1-2H3,(H,13,14). The van der Waals surface area contributed by atoms with Crippen molar-refractivity contribution in [3.63, 3.8) is 0 Å². The fourth-order valence-electron chi connectivity index (χ4n) is 1.35. The van der Waals surface area contributed by atoms with E-state index in [4.69, 9.17) is 5.73 Å². The predicted molar refractivity (Wildman–Crippen MR) is 57.3 cm³/mol. The molecule has 3 nitrogen and oxygen atoms in total. The maximum atomic E-state index is 11.6. The van der Waals surface area contributed by atoms with E-state index in [0.29, 0.717) is 13.1 Å². The number of nitrogens with one attached hydrogen (secondary N) is 1. The Kier molecular flexibility index (Phi) is 3.65. The van der Waals surface area contributed by atoms with Gasteiger partial charge in [0.1, 0.15) is 0 Å². The number of nitrogens with two attached hydrogens (primary N) is 1. The number of hydrogen-bond acceptors (Lipinski definition) is 2. The first-order chi connectivity index (χ1) is 6.65. The molecule has 0 atom stereocenters. The second-order valence-corrected chi connectivity index (χ2v) is 3.36. The van der Waals surface area contributed by atoms with Gasteiger partial charge in [-0.15, -0.1) is 0 Å². The lowest BCUT2D eigenvalue weighted by molar-refractivity contribution is 0.0954. The van der Waals surface area contributed by atoms with Gasteiger partial charge in [0.05, 0.1) is 0 Å². The summed E-state index contributed by atoms with van der Waals surface area (Å²) in [5.74, 6) is -0.0482. The van der Waals surface area contributed by atoms with Gasteiger partial charge in [0, 0.05) is 18.7 Å². The van der Waals surface area contributed by atoms with E-state index in [2.05, 4.69) is 5.32 Å². The van der Waals surface area contributed by atoms with Gasteiger partial charge in [0.15, 0.2) is 0 Å². The zero-order valence-electron chi connectivity index (χ0n) is 8.63. The van der Waals surface area contributed by atoms with E-state index >= 15 is 0 Å². The average molecular weight is 192 g/mol. The van der Waals surface area contributed by atoms with Gasteiger partial charge in [-0.3, -0.25) is 4.79 Å². The molecule has 76 valence electrons. The van der Waals surface area contributed by atoms with Crippen molar-refractivity contribution in [3.8, 4) is 0 Å². The SMILES string of the molecule is Cc1ccc(C(=O)NCCN)c(C)c1. The van der Waals surface area contributed by atoms with Crippen molar-refractivity contribution < 1.29 is 4.79 Å². The number of hydrogen-bond donors (Lipinski definition) is 2. The summed E-state index contributed by atoms with van der Waals surface area (Å²) in [6.07, 6.45) is 0. The van der Waals surface area contributed by atoms with Gasteiger partial charge < -0.3 is 11.1 Å². The Hall–Kier alpha value is -1.35. The fraction of sp³-hybridized carbons (Fsp3) is 0.364. The summed E-state index contributed by atoms with van der Waals surface area (Å²) in [7, 11) is 0. The van der Waals surface area contributed by atoms with Crippen molar-refractivity contribution in [2.24, 2.45) is 5.73 Å². The smallest absolute Gasteiger partial charge is 0.251 e.